The van der Waals surface area contributed by atoms with Gasteiger partial charge in [0.1, 0.15) is 0 Å². The first-order valence-corrected chi connectivity index (χ1v) is 10.2. The first-order chi connectivity index (χ1) is 15.1. The van der Waals surface area contributed by atoms with Crippen molar-refractivity contribution in [1.82, 2.24) is 4.98 Å². The van der Waals surface area contributed by atoms with Crippen molar-refractivity contribution >= 4 is 5.97 Å². The van der Waals surface area contributed by atoms with Crippen LogP contribution in [0.1, 0.15) is 53.2 Å². The summed E-state index contributed by atoms with van der Waals surface area (Å²) in [5.74, 6) is -0.828. The third-order valence-corrected chi connectivity index (χ3v) is 5.64. The summed E-state index contributed by atoms with van der Waals surface area (Å²) in [6.07, 6.45) is -2.16. The molecule has 0 radical (unpaired) electrons. The van der Waals surface area contributed by atoms with Crippen molar-refractivity contribution < 1.29 is 27.8 Å². The van der Waals surface area contributed by atoms with Gasteiger partial charge in [-0.2, -0.15) is 13.2 Å². The molecule has 0 fully saturated rings. The van der Waals surface area contributed by atoms with Crippen molar-refractivity contribution in [3.05, 3.63) is 70.9 Å². The van der Waals surface area contributed by atoms with Crippen molar-refractivity contribution in [3.63, 3.8) is 0 Å². The Morgan fingerprint density at radius 2 is 1.78 bits per heavy atom. The van der Waals surface area contributed by atoms with E-state index in [-0.39, 0.29) is 11.5 Å². The number of carboxylic acid groups (broad SMARTS) is 1. The quantitative estimate of drug-likeness (QED) is 0.447. The standard InChI is InChI=1S/C25H24F3NO3/c1-5-14(2)21-12-18(25(26,27)28)7-9-20(21)22-11-17(13-29-23(22)32-4)19-8-6-16(24(30)31)10-15(19)3/h6-14H,5H2,1-4H3,(H,30,31)/t14-/m1/s1. The number of carbonyl (C=O) groups is 1. The second-order valence-electron chi connectivity index (χ2n) is 7.72. The molecule has 4 nitrogen and oxygen atoms in total. The molecule has 7 heteroatoms. The van der Waals surface area contributed by atoms with Gasteiger partial charge in [-0.25, -0.2) is 9.78 Å². The molecule has 0 aliphatic rings. The monoisotopic (exact) mass is 443 g/mol. The molecule has 32 heavy (non-hydrogen) atoms. The predicted molar refractivity (Wildman–Crippen MR) is 117 cm³/mol. The van der Waals surface area contributed by atoms with E-state index in [0.29, 0.717) is 34.6 Å². The van der Waals surface area contributed by atoms with E-state index in [2.05, 4.69) is 4.98 Å². The number of halogens is 3. The Morgan fingerprint density at radius 3 is 2.34 bits per heavy atom. The van der Waals surface area contributed by atoms with E-state index in [1.807, 2.05) is 19.9 Å². The molecule has 0 bridgehead atoms. The number of methoxy groups -OCH3 is 1. The second-order valence-corrected chi connectivity index (χ2v) is 7.72. The van der Waals surface area contributed by atoms with E-state index >= 15 is 0 Å². The highest BCUT2D eigenvalue weighted by Crippen LogP contribution is 2.41. The van der Waals surface area contributed by atoms with Gasteiger partial charge in [-0.3, -0.25) is 0 Å². The highest BCUT2D eigenvalue weighted by molar-refractivity contribution is 5.89. The van der Waals surface area contributed by atoms with Crippen molar-refractivity contribution in [2.24, 2.45) is 0 Å². The van der Waals surface area contributed by atoms with Crippen molar-refractivity contribution in [2.75, 3.05) is 7.11 Å². The number of pyridine rings is 1. The molecule has 0 amide bonds. The fourth-order valence-electron chi connectivity index (χ4n) is 3.69. The number of aromatic nitrogens is 1. The topological polar surface area (TPSA) is 59.4 Å². The summed E-state index contributed by atoms with van der Waals surface area (Å²) in [7, 11) is 1.46. The lowest BCUT2D eigenvalue weighted by atomic mass is 9.88. The van der Waals surface area contributed by atoms with Crippen LogP contribution in [0.15, 0.2) is 48.7 Å². The van der Waals surface area contributed by atoms with Gasteiger partial charge < -0.3 is 9.84 Å². The molecule has 0 unspecified atom stereocenters. The summed E-state index contributed by atoms with van der Waals surface area (Å²) in [4.78, 5) is 15.6. The van der Waals surface area contributed by atoms with Crippen LogP contribution in [0.3, 0.4) is 0 Å². The second kappa shape index (κ2) is 9.02. The van der Waals surface area contributed by atoms with E-state index in [0.717, 1.165) is 17.2 Å². The molecule has 3 rings (SSSR count). The molecule has 168 valence electrons. The van der Waals surface area contributed by atoms with Crippen LogP contribution in [0.2, 0.25) is 0 Å². The number of hydrogen-bond acceptors (Lipinski definition) is 3. The number of benzene rings is 2. The van der Waals surface area contributed by atoms with Crippen LogP contribution in [0, 0.1) is 6.92 Å². The first-order valence-electron chi connectivity index (χ1n) is 10.2. The van der Waals surface area contributed by atoms with Gasteiger partial charge in [0, 0.05) is 17.3 Å². The molecular formula is C25H24F3NO3. The Morgan fingerprint density at radius 1 is 1.09 bits per heavy atom. The SMILES string of the molecule is CC[C@@H](C)c1cc(C(F)(F)F)ccc1-c1cc(-c2ccc(C(=O)O)cc2C)cnc1OC. The molecule has 1 atom stereocenters. The number of rotatable bonds is 6. The zero-order valence-electron chi connectivity index (χ0n) is 18.2. The molecule has 1 N–H and O–H groups in total. The maximum absolute atomic E-state index is 13.4. The maximum atomic E-state index is 13.4. The minimum atomic E-state index is -4.44. The fraction of sp³-hybridized carbons (Fsp3) is 0.280. The number of carboxylic acids is 1. The van der Waals surface area contributed by atoms with Gasteiger partial charge in [0.2, 0.25) is 5.88 Å². The van der Waals surface area contributed by atoms with E-state index in [9.17, 15) is 23.1 Å². The summed E-state index contributed by atoms with van der Waals surface area (Å²) in [5.41, 5.74) is 3.49. The predicted octanol–water partition coefficient (Wildman–Crippen LogP) is 6.96. The Kier molecular flexibility index (Phi) is 6.57. The van der Waals surface area contributed by atoms with Crippen LogP contribution in [0.4, 0.5) is 13.2 Å². The highest BCUT2D eigenvalue weighted by Gasteiger charge is 2.32. The van der Waals surface area contributed by atoms with Gasteiger partial charge in [0.15, 0.2) is 0 Å². The van der Waals surface area contributed by atoms with Crippen molar-refractivity contribution in [1.29, 1.82) is 0 Å². The molecular weight excluding hydrogens is 419 g/mol. The fourth-order valence-corrected chi connectivity index (χ4v) is 3.69. The van der Waals surface area contributed by atoms with Crippen LogP contribution < -0.4 is 4.74 Å². The van der Waals surface area contributed by atoms with Gasteiger partial charge in [0.25, 0.3) is 0 Å². The number of aryl methyl sites for hydroxylation is 1. The Labute approximate surface area is 184 Å². The van der Waals surface area contributed by atoms with E-state index in [1.165, 1.54) is 25.3 Å². The molecule has 0 aliphatic heterocycles. The molecule has 0 aliphatic carbocycles. The molecule has 0 saturated carbocycles. The molecule has 0 saturated heterocycles. The van der Waals surface area contributed by atoms with E-state index in [1.54, 1.807) is 25.3 Å². The van der Waals surface area contributed by atoms with Gasteiger partial charge in [0.05, 0.1) is 18.2 Å². The lowest BCUT2D eigenvalue weighted by Crippen LogP contribution is -2.07. The zero-order valence-corrected chi connectivity index (χ0v) is 18.2. The molecule has 3 aromatic rings. The number of alkyl halides is 3. The van der Waals surface area contributed by atoms with Crippen LogP contribution in [-0.4, -0.2) is 23.2 Å². The highest BCUT2D eigenvalue weighted by atomic mass is 19.4. The van der Waals surface area contributed by atoms with E-state index in [4.69, 9.17) is 4.74 Å². The molecule has 2 aromatic carbocycles. The van der Waals surface area contributed by atoms with Gasteiger partial charge in [-0.1, -0.05) is 26.0 Å². The summed E-state index contributed by atoms with van der Waals surface area (Å²) < 4.78 is 45.5. The summed E-state index contributed by atoms with van der Waals surface area (Å²) >= 11 is 0. The Hall–Kier alpha value is -3.35. The van der Waals surface area contributed by atoms with Crippen LogP contribution in [0.5, 0.6) is 5.88 Å². The minimum Gasteiger partial charge on any atom is -0.481 e. The smallest absolute Gasteiger partial charge is 0.416 e. The summed E-state index contributed by atoms with van der Waals surface area (Å²) in [5, 5.41) is 9.21. The van der Waals surface area contributed by atoms with Crippen LogP contribution >= 0.6 is 0 Å². The maximum Gasteiger partial charge on any atom is 0.416 e. The molecule has 0 spiro atoms. The average Bonchev–Trinajstić information content (AvgIpc) is 2.77. The third kappa shape index (κ3) is 4.61. The van der Waals surface area contributed by atoms with Crippen molar-refractivity contribution in [2.45, 2.75) is 39.3 Å². The Balaban J connectivity index is 2.21. The third-order valence-electron chi connectivity index (χ3n) is 5.64. The lowest BCUT2D eigenvalue weighted by molar-refractivity contribution is -0.137. The summed E-state index contributed by atoms with van der Waals surface area (Å²) in [6.45, 7) is 5.61. The van der Waals surface area contributed by atoms with Gasteiger partial charge in [-0.15, -0.1) is 0 Å². The number of aromatic carboxylic acids is 1. The van der Waals surface area contributed by atoms with Crippen LogP contribution in [0.25, 0.3) is 22.3 Å². The Bertz CT molecular complexity index is 1160. The lowest BCUT2D eigenvalue weighted by Gasteiger charge is -2.20. The average molecular weight is 443 g/mol. The number of hydrogen-bond donors (Lipinski definition) is 1. The van der Waals surface area contributed by atoms with Crippen molar-refractivity contribution in [3.8, 4) is 28.1 Å². The molecule has 1 heterocycles. The summed E-state index contributed by atoms with van der Waals surface area (Å²) in [6, 6.07) is 10.3. The largest absolute Gasteiger partial charge is 0.481 e. The van der Waals surface area contributed by atoms with Gasteiger partial charge >= 0.3 is 12.1 Å². The first kappa shape index (κ1) is 23.3. The van der Waals surface area contributed by atoms with Crippen LogP contribution in [-0.2, 0) is 6.18 Å². The van der Waals surface area contributed by atoms with Gasteiger partial charge in [-0.05, 0) is 71.8 Å². The normalized spacial score (nSPS) is 12.5. The minimum absolute atomic E-state index is 0.114. The number of nitrogens with zero attached hydrogens (tertiary/aromatic N) is 1. The molecule has 1 aromatic heterocycles. The zero-order chi connectivity index (χ0) is 23.6. The van der Waals surface area contributed by atoms with E-state index < -0.39 is 17.7 Å². The number of ether oxygens (including phenoxy) is 1.